The number of nitrogens with two attached hydrogens (primary N) is 1. The van der Waals surface area contributed by atoms with Crippen LogP contribution < -0.4 is 5.73 Å². The van der Waals surface area contributed by atoms with E-state index in [1.807, 2.05) is 17.7 Å². The van der Waals surface area contributed by atoms with E-state index in [2.05, 4.69) is 23.8 Å². The molecular formula is C10H14N4. The van der Waals surface area contributed by atoms with Gasteiger partial charge in [0.15, 0.2) is 5.65 Å². The molecule has 0 aromatic carbocycles. The highest BCUT2D eigenvalue weighted by molar-refractivity contribution is 5.74. The first-order chi connectivity index (χ1) is 6.59. The van der Waals surface area contributed by atoms with E-state index in [0.29, 0.717) is 11.6 Å². The van der Waals surface area contributed by atoms with Crippen LogP contribution >= 0.6 is 0 Å². The molecule has 0 aliphatic rings. The molecule has 2 N–H and O–H groups in total. The van der Waals surface area contributed by atoms with Crippen molar-refractivity contribution in [1.29, 1.82) is 0 Å². The Bertz CT molecular complexity index is 470. The second-order valence-corrected chi connectivity index (χ2v) is 3.80. The molecule has 0 bridgehead atoms. The van der Waals surface area contributed by atoms with Gasteiger partial charge in [0.25, 0.3) is 0 Å². The SMILES string of the molecule is CC(C)c1nc2cc(N)cnc2n1C. The smallest absolute Gasteiger partial charge is 0.159 e. The average Bonchev–Trinajstić information content (AvgIpc) is 2.43. The highest BCUT2D eigenvalue weighted by atomic mass is 15.1. The third kappa shape index (κ3) is 1.23. The monoisotopic (exact) mass is 190 g/mol. The van der Waals surface area contributed by atoms with E-state index in [9.17, 15) is 0 Å². The summed E-state index contributed by atoms with van der Waals surface area (Å²) < 4.78 is 2.01. The lowest BCUT2D eigenvalue weighted by molar-refractivity contribution is 0.719. The van der Waals surface area contributed by atoms with Gasteiger partial charge in [0.05, 0.1) is 11.9 Å². The van der Waals surface area contributed by atoms with E-state index < -0.39 is 0 Å². The fraction of sp³-hybridized carbons (Fsp3) is 0.400. The second-order valence-electron chi connectivity index (χ2n) is 3.80. The number of hydrogen-bond donors (Lipinski definition) is 1. The fourth-order valence-corrected chi connectivity index (χ4v) is 1.63. The van der Waals surface area contributed by atoms with Crippen LogP contribution in [0.25, 0.3) is 11.2 Å². The highest BCUT2D eigenvalue weighted by Gasteiger charge is 2.11. The lowest BCUT2D eigenvalue weighted by atomic mass is 10.2. The minimum atomic E-state index is 0.399. The van der Waals surface area contributed by atoms with Crippen LogP contribution in [0.2, 0.25) is 0 Å². The van der Waals surface area contributed by atoms with Gasteiger partial charge in [-0.2, -0.15) is 0 Å². The quantitative estimate of drug-likeness (QED) is 0.744. The summed E-state index contributed by atoms with van der Waals surface area (Å²) in [6.45, 7) is 4.23. The van der Waals surface area contributed by atoms with E-state index in [-0.39, 0.29) is 0 Å². The maximum Gasteiger partial charge on any atom is 0.159 e. The summed E-state index contributed by atoms with van der Waals surface area (Å²) in [6.07, 6.45) is 1.66. The lowest BCUT2D eigenvalue weighted by Gasteiger charge is -2.03. The molecule has 0 spiro atoms. The van der Waals surface area contributed by atoms with E-state index in [4.69, 9.17) is 5.73 Å². The first kappa shape index (κ1) is 8.99. The van der Waals surface area contributed by atoms with E-state index in [1.54, 1.807) is 6.20 Å². The maximum absolute atomic E-state index is 5.65. The van der Waals surface area contributed by atoms with E-state index in [1.165, 1.54) is 0 Å². The highest BCUT2D eigenvalue weighted by Crippen LogP contribution is 2.19. The number of aryl methyl sites for hydroxylation is 1. The molecule has 2 rings (SSSR count). The minimum absolute atomic E-state index is 0.399. The molecule has 0 fully saturated rings. The Kier molecular flexibility index (Phi) is 1.91. The molecule has 14 heavy (non-hydrogen) atoms. The fourth-order valence-electron chi connectivity index (χ4n) is 1.63. The zero-order valence-electron chi connectivity index (χ0n) is 8.65. The summed E-state index contributed by atoms with van der Waals surface area (Å²) in [4.78, 5) is 8.75. The summed E-state index contributed by atoms with van der Waals surface area (Å²) in [7, 11) is 1.98. The van der Waals surface area contributed by atoms with Crippen molar-refractivity contribution in [3.05, 3.63) is 18.1 Å². The Hall–Kier alpha value is -1.58. The Morgan fingerprint density at radius 2 is 2.14 bits per heavy atom. The molecule has 0 saturated carbocycles. The molecule has 74 valence electrons. The molecule has 0 unspecified atom stereocenters. The number of anilines is 1. The summed E-state index contributed by atoms with van der Waals surface area (Å²) in [6, 6.07) is 1.86. The van der Waals surface area contributed by atoms with Crippen LogP contribution in [0, 0.1) is 0 Å². The van der Waals surface area contributed by atoms with Gasteiger partial charge in [-0.25, -0.2) is 9.97 Å². The Morgan fingerprint density at radius 1 is 1.43 bits per heavy atom. The molecule has 0 saturated heterocycles. The zero-order valence-corrected chi connectivity index (χ0v) is 8.65. The third-order valence-corrected chi connectivity index (χ3v) is 2.28. The van der Waals surface area contributed by atoms with E-state index >= 15 is 0 Å². The van der Waals surface area contributed by atoms with Crippen LogP contribution in [0.5, 0.6) is 0 Å². The molecule has 2 aromatic heterocycles. The van der Waals surface area contributed by atoms with Crippen LogP contribution in [-0.2, 0) is 7.05 Å². The van der Waals surface area contributed by atoms with Crippen LogP contribution in [0.3, 0.4) is 0 Å². The van der Waals surface area contributed by atoms with Gasteiger partial charge in [-0.1, -0.05) is 13.8 Å². The molecule has 0 radical (unpaired) electrons. The van der Waals surface area contributed by atoms with Gasteiger partial charge in [-0.3, -0.25) is 0 Å². The molecule has 0 atom stereocenters. The molecular weight excluding hydrogens is 176 g/mol. The zero-order chi connectivity index (χ0) is 10.3. The maximum atomic E-state index is 5.65. The largest absolute Gasteiger partial charge is 0.397 e. The van der Waals surface area contributed by atoms with Crippen molar-refractivity contribution in [2.75, 3.05) is 5.73 Å². The van der Waals surface area contributed by atoms with Crippen LogP contribution in [0.4, 0.5) is 5.69 Å². The third-order valence-electron chi connectivity index (χ3n) is 2.28. The molecule has 0 aliphatic carbocycles. The first-order valence-electron chi connectivity index (χ1n) is 4.67. The van der Waals surface area contributed by atoms with Crippen LogP contribution in [0.1, 0.15) is 25.6 Å². The molecule has 0 amide bonds. The summed E-state index contributed by atoms with van der Waals surface area (Å²) in [5, 5.41) is 0. The minimum Gasteiger partial charge on any atom is -0.397 e. The predicted octanol–water partition coefficient (Wildman–Crippen LogP) is 1.67. The number of nitrogen functional groups attached to an aromatic ring is 1. The number of aromatic nitrogens is 3. The number of rotatable bonds is 1. The number of pyridine rings is 1. The Morgan fingerprint density at radius 3 is 2.79 bits per heavy atom. The first-order valence-corrected chi connectivity index (χ1v) is 4.67. The summed E-state index contributed by atoms with van der Waals surface area (Å²) in [5.41, 5.74) is 8.07. The predicted molar refractivity (Wildman–Crippen MR) is 57.0 cm³/mol. The normalized spacial score (nSPS) is 11.4. The van der Waals surface area contributed by atoms with Gasteiger partial charge in [-0.05, 0) is 6.07 Å². The second kappa shape index (κ2) is 2.97. The van der Waals surface area contributed by atoms with Crippen molar-refractivity contribution in [2.24, 2.45) is 7.05 Å². The van der Waals surface area contributed by atoms with E-state index in [0.717, 1.165) is 17.0 Å². The molecule has 0 aliphatic heterocycles. The molecule has 4 nitrogen and oxygen atoms in total. The Labute approximate surface area is 82.8 Å². The number of nitrogens with zero attached hydrogens (tertiary/aromatic N) is 3. The summed E-state index contributed by atoms with van der Waals surface area (Å²) >= 11 is 0. The van der Waals surface area contributed by atoms with Crippen molar-refractivity contribution >= 4 is 16.9 Å². The van der Waals surface area contributed by atoms with Crippen molar-refractivity contribution in [3.63, 3.8) is 0 Å². The molecule has 4 heteroatoms. The van der Waals surface area contributed by atoms with Crippen molar-refractivity contribution in [2.45, 2.75) is 19.8 Å². The van der Waals surface area contributed by atoms with Gasteiger partial charge in [0.1, 0.15) is 11.3 Å². The Balaban J connectivity index is 2.73. The van der Waals surface area contributed by atoms with Crippen molar-refractivity contribution in [1.82, 2.24) is 14.5 Å². The summed E-state index contributed by atoms with van der Waals surface area (Å²) in [5.74, 6) is 1.44. The van der Waals surface area contributed by atoms with Gasteiger partial charge in [-0.15, -0.1) is 0 Å². The van der Waals surface area contributed by atoms with Gasteiger partial charge in [0.2, 0.25) is 0 Å². The standard InChI is InChI=1S/C10H14N4/c1-6(2)9-13-8-4-7(11)5-12-10(8)14(9)3/h4-6H,11H2,1-3H3. The molecule has 2 aromatic rings. The lowest BCUT2D eigenvalue weighted by Crippen LogP contribution is -2.00. The van der Waals surface area contributed by atoms with Gasteiger partial charge < -0.3 is 10.3 Å². The number of imidazole rings is 1. The number of fused-ring (bicyclic) bond motifs is 1. The van der Waals surface area contributed by atoms with Crippen LogP contribution in [0.15, 0.2) is 12.3 Å². The number of hydrogen-bond acceptors (Lipinski definition) is 3. The van der Waals surface area contributed by atoms with Gasteiger partial charge >= 0.3 is 0 Å². The average molecular weight is 190 g/mol. The molecule has 2 heterocycles. The van der Waals surface area contributed by atoms with Crippen molar-refractivity contribution in [3.8, 4) is 0 Å². The van der Waals surface area contributed by atoms with Crippen molar-refractivity contribution < 1.29 is 0 Å². The van der Waals surface area contributed by atoms with Gasteiger partial charge in [0, 0.05) is 13.0 Å². The van der Waals surface area contributed by atoms with Crippen LogP contribution in [-0.4, -0.2) is 14.5 Å². The topological polar surface area (TPSA) is 56.7 Å².